The van der Waals surface area contributed by atoms with Crippen LogP contribution >= 0.6 is 34.2 Å². The first-order chi connectivity index (χ1) is 14.1. The molecule has 0 aliphatic heterocycles. The molecule has 1 amide bonds. The van der Waals surface area contributed by atoms with Crippen LogP contribution in [-0.4, -0.2) is 19.2 Å². The van der Waals surface area contributed by atoms with Crippen molar-refractivity contribution in [2.45, 2.75) is 6.61 Å². The van der Waals surface area contributed by atoms with E-state index < -0.39 is 0 Å². The smallest absolute Gasteiger partial charge is 0.271 e. The number of nitrogens with one attached hydrogen (secondary N) is 1. The summed E-state index contributed by atoms with van der Waals surface area (Å²) in [5.74, 6) is 0.877. The van der Waals surface area contributed by atoms with Gasteiger partial charge in [-0.25, -0.2) is 5.43 Å². The molecule has 0 aromatic heterocycles. The quantitative estimate of drug-likeness (QED) is 0.261. The molecule has 0 spiro atoms. The van der Waals surface area contributed by atoms with Gasteiger partial charge in [-0.15, -0.1) is 0 Å². The predicted octanol–water partition coefficient (Wildman–Crippen LogP) is 5.30. The number of hydrogen-bond acceptors (Lipinski definition) is 4. The van der Waals surface area contributed by atoms with Crippen LogP contribution in [0.15, 0.2) is 71.8 Å². The van der Waals surface area contributed by atoms with Gasteiger partial charge in [-0.3, -0.25) is 4.79 Å². The number of carbonyl (C=O) groups is 1. The molecule has 3 aromatic carbocycles. The average Bonchev–Trinajstić information content (AvgIpc) is 2.74. The molecule has 0 aliphatic carbocycles. The third-order valence-corrected chi connectivity index (χ3v) is 5.10. The van der Waals surface area contributed by atoms with Gasteiger partial charge in [0.2, 0.25) is 0 Å². The molecule has 0 heterocycles. The van der Waals surface area contributed by atoms with E-state index in [1.165, 1.54) is 0 Å². The molecule has 7 heteroatoms. The Labute approximate surface area is 187 Å². The van der Waals surface area contributed by atoms with Crippen molar-refractivity contribution < 1.29 is 14.3 Å². The van der Waals surface area contributed by atoms with Crippen LogP contribution < -0.4 is 14.9 Å². The summed E-state index contributed by atoms with van der Waals surface area (Å²) >= 11 is 8.35. The molecular weight excluding hydrogens is 503 g/mol. The normalized spacial score (nSPS) is 10.7. The van der Waals surface area contributed by atoms with E-state index in [0.717, 1.165) is 14.7 Å². The van der Waals surface area contributed by atoms with E-state index in [2.05, 4.69) is 33.1 Å². The van der Waals surface area contributed by atoms with Gasteiger partial charge in [-0.05, 0) is 76.7 Å². The highest BCUT2D eigenvalue weighted by Gasteiger charge is 2.08. The Morgan fingerprint density at radius 1 is 1.10 bits per heavy atom. The van der Waals surface area contributed by atoms with Gasteiger partial charge in [-0.1, -0.05) is 29.8 Å². The largest absolute Gasteiger partial charge is 0.493 e. The highest BCUT2D eigenvalue weighted by Crippen LogP contribution is 2.29. The number of amides is 1. The van der Waals surface area contributed by atoms with Crippen molar-refractivity contribution in [3.05, 3.63) is 92.0 Å². The fourth-order valence-electron chi connectivity index (χ4n) is 2.49. The van der Waals surface area contributed by atoms with Crippen molar-refractivity contribution in [3.63, 3.8) is 0 Å². The van der Waals surface area contributed by atoms with E-state index in [4.69, 9.17) is 21.1 Å². The molecule has 3 aromatic rings. The lowest BCUT2D eigenvalue weighted by atomic mass is 10.2. The Morgan fingerprint density at radius 3 is 2.59 bits per heavy atom. The Kier molecular flexibility index (Phi) is 7.48. The molecule has 0 unspecified atom stereocenters. The number of benzene rings is 3. The SMILES string of the molecule is COc1cc(/C=N\NC(=O)c2ccc(I)cc2)ccc1OCc1ccccc1Cl. The summed E-state index contributed by atoms with van der Waals surface area (Å²) < 4.78 is 12.3. The highest BCUT2D eigenvalue weighted by atomic mass is 127. The summed E-state index contributed by atoms with van der Waals surface area (Å²) in [6, 6.07) is 20.1. The minimum absolute atomic E-state index is 0.274. The molecular formula is C22H18ClIN2O3. The summed E-state index contributed by atoms with van der Waals surface area (Å²) in [5.41, 5.74) is 4.71. The van der Waals surface area contributed by atoms with Crippen LogP contribution in [0.2, 0.25) is 5.02 Å². The number of halogens is 2. The first-order valence-electron chi connectivity index (χ1n) is 8.70. The van der Waals surface area contributed by atoms with Crippen molar-refractivity contribution in [2.24, 2.45) is 5.10 Å². The molecule has 0 aliphatic rings. The van der Waals surface area contributed by atoms with Gasteiger partial charge < -0.3 is 9.47 Å². The predicted molar refractivity (Wildman–Crippen MR) is 123 cm³/mol. The molecule has 148 valence electrons. The fraction of sp³-hybridized carbons (Fsp3) is 0.0909. The lowest BCUT2D eigenvalue weighted by molar-refractivity contribution is 0.0955. The van der Waals surface area contributed by atoms with Gasteiger partial charge in [0.25, 0.3) is 5.91 Å². The third kappa shape index (κ3) is 5.95. The molecule has 5 nitrogen and oxygen atoms in total. The molecule has 0 saturated heterocycles. The minimum Gasteiger partial charge on any atom is -0.493 e. The van der Waals surface area contributed by atoms with E-state index in [0.29, 0.717) is 28.7 Å². The van der Waals surface area contributed by atoms with Crippen molar-refractivity contribution in [1.29, 1.82) is 0 Å². The lowest BCUT2D eigenvalue weighted by Gasteiger charge is -2.12. The van der Waals surface area contributed by atoms with Crippen LogP contribution in [0.5, 0.6) is 11.5 Å². The summed E-state index contributed by atoms with van der Waals surface area (Å²) in [5, 5.41) is 4.66. The molecule has 0 radical (unpaired) electrons. The Bertz CT molecular complexity index is 1020. The number of hydrogen-bond donors (Lipinski definition) is 1. The number of rotatable bonds is 7. The Morgan fingerprint density at radius 2 is 1.86 bits per heavy atom. The first kappa shape index (κ1) is 21.1. The molecule has 0 saturated carbocycles. The molecule has 3 rings (SSSR count). The van der Waals surface area contributed by atoms with Crippen LogP contribution in [0, 0.1) is 3.57 Å². The second kappa shape index (κ2) is 10.3. The van der Waals surface area contributed by atoms with Gasteiger partial charge >= 0.3 is 0 Å². The van der Waals surface area contributed by atoms with E-state index in [9.17, 15) is 4.79 Å². The Balaban J connectivity index is 1.63. The molecule has 29 heavy (non-hydrogen) atoms. The zero-order valence-electron chi connectivity index (χ0n) is 15.6. The van der Waals surface area contributed by atoms with Crippen LogP contribution in [0.4, 0.5) is 0 Å². The molecule has 0 fully saturated rings. The number of nitrogens with zero attached hydrogens (tertiary/aromatic N) is 1. The van der Waals surface area contributed by atoms with Crippen molar-refractivity contribution in [1.82, 2.24) is 5.43 Å². The van der Waals surface area contributed by atoms with Crippen molar-refractivity contribution >= 4 is 46.3 Å². The standard InChI is InChI=1S/C22H18ClIN2O3/c1-28-21-12-15(13-25-26-22(27)16-7-9-18(24)10-8-16)6-11-20(21)29-14-17-4-2-3-5-19(17)23/h2-13H,14H2,1H3,(H,26,27)/b25-13-. The minimum atomic E-state index is -0.274. The van der Waals surface area contributed by atoms with Gasteiger partial charge in [0.1, 0.15) is 6.61 Å². The van der Waals surface area contributed by atoms with E-state index in [1.54, 1.807) is 37.6 Å². The number of methoxy groups -OCH3 is 1. The fourth-order valence-corrected chi connectivity index (χ4v) is 3.04. The second-order valence-electron chi connectivity index (χ2n) is 6.00. The van der Waals surface area contributed by atoms with Crippen molar-refractivity contribution in [2.75, 3.05) is 7.11 Å². The Hall–Kier alpha value is -2.58. The van der Waals surface area contributed by atoms with Crippen LogP contribution in [0.25, 0.3) is 0 Å². The molecule has 0 atom stereocenters. The summed E-state index contributed by atoms with van der Waals surface area (Å²) in [6.07, 6.45) is 1.55. The van der Waals surface area contributed by atoms with Gasteiger partial charge in [0.15, 0.2) is 11.5 Å². The number of carbonyl (C=O) groups excluding carboxylic acids is 1. The zero-order chi connectivity index (χ0) is 20.6. The van der Waals surface area contributed by atoms with Gasteiger partial charge in [0, 0.05) is 19.7 Å². The van der Waals surface area contributed by atoms with Crippen LogP contribution in [0.3, 0.4) is 0 Å². The monoisotopic (exact) mass is 520 g/mol. The van der Waals surface area contributed by atoms with E-state index in [1.807, 2.05) is 42.5 Å². The third-order valence-electron chi connectivity index (χ3n) is 4.01. The van der Waals surface area contributed by atoms with Crippen molar-refractivity contribution in [3.8, 4) is 11.5 Å². The second-order valence-corrected chi connectivity index (χ2v) is 7.65. The first-order valence-corrected chi connectivity index (χ1v) is 10.2. The van der Waals surface area contributed by atoms with E-state index in [-0.39, 0.29) is 5.91 Å². The lowest BCUT2D eigenvalue weighted by Crippen LogP contribution is -2.17. The highest BCUT2D eigenvalue weighted by molar-refractivity contribution is 14.1. The molecule has 1 N–H and O–H groups in total. The number of hydrazone groups is 1. The molecule has 0 bridgehead atoms. The summed E-state index contributed by atoms with van der Waals surface area (Å²) in [4.78, 5) is 12.1. The topological polar surface area (TPSA) is 59.9 Å². The van der Waals surface area contributed by atoms with E-state index >= 15 is 0 Å². The van der Waals surface area contributed by atoms with Gasteiger partial charge in [0.05, 0.1) is 13.3 Å². The summed E-state index contributed by atoms with van der Waals surface area (Å²) in [6.45, 7) is 0.329. The van der Waals surface area contributed by atoms with Gasteiger partial charge in [-0.2, -0.15) is 5.10 Å². The average molecular weight is 521 g/mol. The zero-order valence-corrected chi connectivity index (χ0v) is 18.5. The summed E-state index contributed by atoms with van der Waals surface area (Å²) in [7, 11) is 1.57. The maximum Gasteiger partial charge on any atom is 0.271 e. The van der Waals surface area contributed by atoms with Crippen LogP contribution in [0.1, 0.15) is 21.5 Å². The maximum absolute atomic E-state index is 12.1. The van der Waals surface area contributed by atoms with Crippen LogP contribution in [-0.2, 0) is 6.61 Å². The number of ether oxygens (including phenoxy) is 2. The maximum atomic E-state index is 12.1.